The van der Waals surface area contributed by atoms with Crippen molar-refractivity contribution >= 4 is 0 Å². The Bertz CT molecular complexity index is 316. The molecule has 5 nitrogen and oxygen atoms in total. The van der Waals surface area contributed by atoms with Gasteiger partial charge >= 0.3 is 0 Å². The first kappa shape index (κ1) is 10.7. The zero-order chi connectivity index (χ0) is 10.4. The molecule has 0 aliphatic heterocycles. The van der Waals surface area contributed by atoms with Crippen LogP contribution in [0, 0.1) is 11.3 Å². The molecule has 0 aliphatic rings. The first-order valence-electron chi connectivity index (χ1n) is 4.24. The Labute approximate surface area is 81.6 Å². The molecule has 0 saturated heterocycles. The molecular weight excluding hydrogens is 184 g/mol. The van der Waals surface area contributed by atoms with Crippen molar-refractivity contribution in [2.75, 3.05) is 13.2 Å². The zero-order valence-electron chi connectivity index (χ0n) is 7.60. The van der Waals surface area contributed by atoms with E-state index in [9.17, 15) is 0 Å². The van der Waals surface area contributed by atoms with Gasteiger partial charge in [-0.3, -0.25) is 0 Å². The van der Waals surface area contributed by atoms with Crippen LogP contribution in [0.5, 0.6) is 0 Å². The number of hydrogen-bond donors (Lipinski definition) is 3. The third kappa shape index (κ3) is 3.18. The lowest BCUT2D eigenvalue weighted by Crippen LogP contribution is -2.28. The van der Waals surface area contributed by atoms with Crippen molar-refractivity contribution in [3.05, 3.63) is 23.7 Å². The third-order valence-corrected chi connectivity index (χ3v) is 1.66. The summed E-state index contributed by atoms with van der Waals surface area (Å²) in [6.45, 7) is 0.451. The molecule has 1 unspecified atom stereocenters. The normalized spacial score (nSPS) is 12.4. The molecule has 0 fully saturated rings. The maximum absolute atomic E-state index is 8.99. The predicted octanol–water partition coefficient (Wildman–Crippen LogP) is -0.406. The molecule has 0 spiro atoms. The first-order chi connectivity index (χ1) is 6.76. The Morgan fingerprint density at radius 3 is 2.93 bits per heavy atom. The number of nitrogens with one attached hydrogen (secondary N) is 1. The predicted molar refractivity (Wildman–Crippen MR) is 48.2 cm³/mol. The van der Waals surface area contributed by atoms with Gasteiger partial charge in [-0.05, 0) is 12.1 Å². The van der Waals surface area contributed by atoms with Crippen LogP contribution in [0.25, 0.3) is 0 Å². The molecule has 1 atom stereocenters. The number of rotatable bonds is 5. The average Bonchev–Trinajstić information content (AvgIpc) is 2.65. The van der Waals surface area contributed by atoms with Gasteiger partial charge in [0.15, 0.2) is 0 Å². The summed E-state index contributed by atoms with van der Waals surface area (Å²) in [5.41, 5.74) is 0. The summed E-state index contributed by atoms with van der Waals surface area (Å²) in [4.78, 5) is 0. The van der Waals surface area contributed by atoms with E-state index in [-0.39, 0.29) is 12.4 Å². The van der Waals surface area contributed by atoms with E-state index in [1.807, 2.05) is 6.07 Å². The van der Waals surface area contributed by atoms with Crippen LogP contribution in [0.4, 0.5) is 0 Å². The highest BCUT2D eigenvalue weighted by atomic mass is 16.3. The Hall–Kier alpha value is -1.35. The SMILES string of the molecule is N#Cc1ccc(CNCC(O)CO)o1. The quantitative estimate of drug-likeness (QED) is 0.596. The zero-order valence-corrected chi connectivity index (χ0v) is 7.60. The summed E-state index contributed by atoms with van der Waals surface area (Å²) in [6, 6.07) is 5.15. The molecule has 1 aromatic rings. The van der Waals surface area contributed by atoms with E-state index < -0.39 is 6.10 Å². The third-order valence-electron chi connectivity index (χ3n) is 1.66. The van der Waals surface area contributed by atoms with Crippen molar-refractivity contribution in [1.29, 1.82) is 5.26 Å². The molecule has 0 radical (unpaired) electrons. The van der Waals surface area contributed by atoms with E-state index in [1.54, 1.807) is 12.1 Å². The summed E-state index contributed by atoms with van der Waals surface area (Å²) < 4.78 is 5.08. The van der Waals surface area contributed by atoms with Gasteiger partial charge in [-0.15, -0.1) is 0 Å². The second-order valence-corrected chi connectivity index (χ2v) is 2.85. The number of hydrogen-bond acceptors (Lipinski definition) is 5. The van der Waals surface area contributed by atoms with E-state index in [0.29, 0.717) is 18.8 Å². The highest BCUT2D eigenvalue weighted by Gasteiger charge is 2.03. The van der Waals surface area contributed by atoms with Crippen molar-refractivity contribution in [1.82, 2.24) is 5.32 Å². The van der Waals surface area contributed by atoms with Gasteiger partial charge in [0, 0.05) is 6.54 Å². The van der Waals surface area contributed by atoms with Crippen LogP contribution in [0.1, 0.15) is 11.5 Å². The minimum atomic E-state index is -0.764. The molecule has 0 aromatic carbocycles. The molecule has 0 saturated carbocycles. The van der Waals surface area contributed by atoms with Crippen LogP contribution in [0.15, 0.2) is 16.5 Å². The summed E-state index contributed by atoms with van der Waals surface area (Å²) in [6.07, 6.45) is -0.764. The smallest absolute Gasteiger partial charge is 0.203 e. The van der Waals surface area contributed by atoms with Gasteiger partial charge in [0.05, 0.1) is 19.3 Å². The van der Waals surface area contributed by atoms with Crippen LogP contribution in [0.2, 0.25) is 0 Å². The lowest BCUT2D eigenvalue weighted by Gasteiger charge is -2.06. The van der Waals surface area contributed by atoms with Gasteiger partial charge in [0.1, 0.15) is 11.8 Å². The minimum absolute atomic E-state index is 0.268. The molecule has 76 valence electrons. The first-order valence-corrected chi connectivity index (χ1v) is 4.24. The van der Waals surface area contributed by atoms with E-state index in [4.69, 9.17) is 19.9 Å². The minimum Gasteiger partial charge on any atom is -0.449 e. The van der Waals surface area contributed by atoms with Crippen LogP contribution in [-0.4, -0.2) is 29.5 Å². The largest absolute Gasteiger partial charge is 0.449 e. The number of furan rings is 1. The van der Waals surface area contributed by atoms with E-state index in [0.717, 1.165) is 0 Å². The fourth-order valence-electron chi connectivity index (χ4n) is 0.960. The molecule has 3 N–H and O–H groups in total. The van der Waals surface area contributed by atoms with Crippen molar-refractivity contribution in [2.24, 2.45) is 0 Å². The fourth-order valence-corrected chi connectivity index (χ4v) is 0.960. The highest BCUT2D eigenvalue weighted by molar-refractivity contribution is 5.18. The Kier molecular flexibility index (Phi) is 4.13. The summed E-state index contributed by atoms with van der Waals surface area (Å²) >= 11 is 0. The van der Waals surface area contributed by atoms with Gasteiger partial charge in [-0.2, -0.15) is 5.26 Å². The lowest BCUT2D eigenvalue weighted by molar-refractivity contribution is 0.0938. The maximum atomic E-state index is 8.99. The summed E-state index contributed by atoms with van der Waals surface area (Å²) in [7, 11) is 0. The van der Waals surface area contributed by atoms with Gasteiger partial charge in [0.25, 0.3) is 0 Å². The molecule has 5 heteroatoms. The monoisotopic (exact) mass is 196 g/mol. The Morgan fingerprint density at radius 2 is 2.36 bits per heavy atom. The second kappa shape index (κ2) is 5.40. The molecule has 1 heterocycles. The Balaban J connectivity index is 2.28. The molecule has 0 bridgehead atoms. The van der Waals surface area contributed by atoms with Gasteiger partial charge in [-0.25, -0.2) is 0 Å². The van der Waals surface area contributed by atoms with Gasteiger partial charge in [-0.1, -0.05) is 0 Å². The van der Waals surface area contributed by atoms with Crippen LogP contribution >= 0.6 is 0 Å². The van der Waals surface area contributed by atoms with Crippen LogP contribution < -0.4 is 5.32 Å². The van der Waals surface area contributed by atoms with Crippen molar-refractivity contribution in [2.45, 2.75) is 12.6 Å². The number of nitriles is 1. The van der Waals surface area contributed by atoms with E-state index >= 15 is 0 Å². The van der Waals surface area contributed by atoms with Crippen LogP contribution in [-0.2, 0) is 6.54 Å². The molecule has 1 rings (SSSR count). The van der Waals surface area contributed by atoms with Crippen LogP contribution in [0.3, 0.4) is 0 Å². The summed E-state index contributed by atoms with van der Waals surface area (Å²) in [5.74, 6) is 0.899. The molecule has 0 aliphatic carbocycles. The fraction of sp³-hybridized carbons (Fsp3) is 0.444. The van der Waals surface area contributed by atoms with Crippen molar-refractivity contribution in [3.63, 3.8) is 0 Å². The van der Waals surface area contributed by atoms with Crippen molar-refractivity contribution in [3.8, 4) is 6.07 Å². The van der Waals surface area contributed by atoms with Gasteiger partial charge in [0.2, 0.25) is 5.76 Å². The summed E-state index contributed by atoms with van der Waals surface area (Å²) in [5, 5.41) is 28.9. The molecule has 1 aromatic heterocycles. The average molecular weight is 196 g/mol. The maximum Gasteiger partial charge on any atom is 0.203 e. The highest BCUT2D eigenvalue weighted by Crippen LogP contribution is 2.05. The van der Waals surface area contributed by atoms with E-state index in [1.165, 1.54) is 0 Å². The van der Waals surface area contributed by atoms with Gasteiger partial charge < -0.3 is 19.9 Å². The standard InChI is InChI=1S/C9H12N2O3/c10-3-8-1-2-9(14-8)5-11-4-7(13)6-12/h1-2,7,11-13H,4-6H2. The van der Waals surface area contributed by atoms with E-state index in [2.05, 4.69) is 5.32 Å². The number of nitrogens with zero attached hydrogens (tertiary/aromatic N) is 1. The van der Waals surface area contributed by atoms with Crippen molar-refractivity contribution < 1.29 is 14.6 Å². The Morgan fingerprint density at radius 1 is 1.57 bits per heavy atom. The molecular formula is C9H12N2O3. The molecule has 0 amide bonds. The molecule has 14 heavy (non-hydrogen) atoms. The second-order valence-electron chi connectivity index (χ2n) is 2.85. The number of aliphatic hydroxyl groups is 2. The number of aliphatic hydroxyl groups excluding tert-OH is 2. The lowest BCUT2D eigenvalue weighted by atomic mass is 10.3. The topological polar surface area (TPSA) is 89.4 Å².